The van der Waals surface area contributed by atoms with Crippen LogP contribution >= 0.6 is 7.82 Å². The molecule has 1 fully saturated rings. The first kappa shape index (κ1) is 65.9. The van der Waals surface area contributed by atoms with Crippen LogP contribution in [-0.4, -0.2) is 98.3 Å². The van der Waals surface area contributed by atoms with E-state index in [1.165, 1.54) is 205 Å². The highest BCUT2D eigenvalue weighted by Gasteiger charge is 2.51. The van der Waals surface area contributed by atoms with Crippen LogP contribution in [0.4, 0.5) is 0 Å². The summed E-state index contributed by atoms with van der Waals surface area (Å²) in [5.41, 5.74) is 0. The zero-order valence-corrected chi connectivity index (χ0v) is 45.0. The number of hydrogen-bond acceptors (Lipinski definition) is 12. The Bertz CT molecular complexity index is 1210. The number of aliphatic hydroxyl groups is 5. The Kier molecular flexibility index (Phi) is 43.4. The fraction of sp³-hybridized carbons (Fsp3) is 0.964. The molecule has 0 aromatic heterocycles. The first-order valence-electron chi connectivity index (χ1n) is 28.8. The van der Waals surface area contributed by atoms with Gasteiger partial charge in [-0.2, -0.15) is 0 Å². The maximum Gasteiger partial charge on any atom is 0.472 e. The number of rotatable bonds is 50. The number of aliphatic hydroxyl groups excluding tert-OH is 5. The van der Waals surface area contributed by atoms with Crippen LogP contribution in [0.15, 0.2) is 0 Å². The van der Waals surface area contributed by atoms with Crippen molar-refractivity contribution in [2.24, 2.45) is 0 Å². The van der Waals surface area contributed by atoms with E-state index in [1.54, 1.807) is 0 Å². The second-order valence-corrected chi connectivity index (χ2v) is 21.9. The zero-order valence-electron chi connectivity index (χ0n) is 44.1. The molecule has 1 saturated carbocycles. The maximum atomic E-state index is 12.9. The number of phosphoric acid groups is 1. The molecule has 0 heterocycles. The molecule has 0 aliphatic heterocycles. The summed E-state index contributed by atoms with van der Waals surface area (Å²) in [5, 5.41) is 50.4. The van der Waals surface area contributed by atoms with Crippen molar-refractivity contribution >= 4 is 19.8 Å². The van der Waals surface area contributed by atoms with E-state index in [2.05, 4.69) is 13.8 Å². The summed E-state index contributed by atoms with van der Waals surface area (Å²) >= 11 is 0. The molecule has 1 aliphatic rings. The van der Waals surface area contributed by atoms with Gasteiger partial charge in [-0.3, -0.25) is 18.6 Å². The fourth-order valence-corrected chi connectivity index (χ4v) is 10.3. The molecule has 0 spiro atoms. The molecule has 0 bridgehead atoms. The fourth-order valence-electron chi connectivity index (χ4n) is 9.35. The van der Waals surface area contributed by atoms with Crippen LogP contribution in [0.25, 0.3) is 0 Å². The molecule has 13 nitrogen and oxygen atoms in total. The van der Waals surface area contributed by atoms with Gasteiger partial charge in [0.25, 0.3) is 0 Å². The molecule has 6 atom stereocenters. The first-order valence-corrected chi connectivity index (χ1v) is 30.3. The SMILES string of the molecule is CCCCCCCCCCCCCCCCCCCCCCCCC(=O)OC(COC(=O)CCCCCCCCCCCCCCCCCCCC)COP(=O)(O)OC1C(O)C(O)C(O)C(O)C1O. The van der Waals surface area contributed by atoms with Crippen molar-refractivity contribution in [3.05, 3.63) is 0 Å². The highest BCUT2D eigenvalue weighted by Crippen LogP contribution is 2.47. The standard InChI is InChI=1S/C55H107O13P/c1-3-5-7-9-11-13-15-17-19-21-23-24-25-26-28-30-32-34-36-38-40-42-44-49(57)67-47(46-66-69(63,64)68-55-53(61)51(59)50(58)52(60)54(55)62)45-65-48(56)43-41-39-37-35-33-31-29-27-22-20-18-16-14-12-10-8-6-4-2/h47,50-55,58-62H,3-46H2,1-2H3,(H,63,64). The molecule has 6 N–H and O–H groups in total. The van der Waals surface area contributed by atoms with Crippen molar-refractivity contribution in [2.75, 3.05) is 13.2 Å². The van der Waals surface area contributed by atoms with Crippen LogP contribution in [0.5, 0.6) is 0 Å². The number of unbranched alkanes of at least 4 members (excludes halogenated alkanes) is 38. The van der Waals surface area contributed by atoms with Crippen molar-refractivity contribution < 1.29 is 63.1 Å². The molecule has 1 aliphatic carbocycles. The number of esters is 2. The Morgan fingerprint density at radius 2 is 0.652 bits per heavy atom. The van der Waals surface area contributed by atoms with Crippen molar-refractivity contribution in [2.45, 2.75) is 326 Å². The van der Waals surface area contributed by atoms with Crippen LogP contribution in [0.1, 0.15) is 284 Å². The van der Waals surface area contributed by atoms with E-state index in [9.17, 15) is 44.6 Å². The summed E-state index contributed by atoms with van der Waals surface area (Å²) < 4.78 is 33.8. The highest BCUT2D eigenvalue weighted by molar-refractivity contribution is 7.47. The molecule has 0 radical (unpaired) electrons. The molecular formula is C55H107O13P. The summed E-state index contributed by atoms with van der Waals surface area (Å²) in [5.74, 6) is -1.08. The van der Waals surface area contributed by atoms with Gasteiger partial charge in [-0.1, -0.05) is 258 Å². The van der Waals surface area contributed by atoms with Gasteiger partial charge in [0.15, 0.2) is 6.10 Å². The van der Waals surface area contributed by atoms with Crippen molar-refractivity contribution in [1.82, 2.24) is 0 Å². The van der Waals surface area contributed by atoms with Gasteiger partial charge in [-0.15, -0.1) is 0 Å². The zero-order chi connectivity index (χ0) is 50.6. The van der Waals surface area contributed by atoms with Gasteiger partial charge < -0.3 is 39.9 Å². The summed E-state index contributed by atoms with van der Waals surface area (Å²) in [6.45, 7) is 3.38. The monoisotopic (exact) mass is 1010 g/mol. The first-order chi connectivity index (χ1) is 33.4. The minimum absolute atomic E-state index is 0.106. The lowest BCUT2D eigenvalue weighted by molar-refractivity contribution is -0.220. The van der Waals surface area contributed by atoms with Crippen molar-refractivity contribution in [1.29, 1.82) is 0 Å². The molecule has 14 heteroatoms. The van der Waals surface area contributed by atoms with Gasteiger partial charge in [-0.25, -0.2) is 4.57 Å². The summed E-state index contributed by atoms with van der Waals surface area (Å²) in [6, 6.07) is 0. The van der Waals surface area contributed by atoms with E-state index in [1.807, 2.05) is 0 Å². The Morgan fingerprint density at radius 1 is 0.391 bits per heavy atom. The van der Waals surface area contributed by atoms with Crippen LogP contribution in [0.2, 0.25) is 0 Å². The smallest absolute Gasteiger partial charge is 0.462 e. The number of carbonyl (C=O) groups is 2. The van der Waals surface area contributed by atoms with Crippen LogP contribution in [0, 0.1) is 0 Å². The molecule has 1 rings (SSSR count). The minimum atomic E-state index is -5.12. The van der Waals surface area contributed by atoms with E-state index >= 15 is 0 Å². The number of hydrogen-bond donors (Lipinski definition) is 6. The predicted molar refractivity (Wildman–Crippen MR) is 277 cm³/mol. The summed E-state index contributed by atoms with van der Waals surface area (Å²) in [4.78, 5) is 35.9. The Hall–Kier alpha value is -1.15. The molecule has 0 aromatic rings. The second kappa shape index (κ2) is 45.5. The van der Waals surface area contributed by atoms with Gasteiger partial charge in [0.2, 0.25) is 0 Å². The molecular weight excluding hydrogens is 900 g/mol. The number of phosphoric ester groups is 1. The van der Waals surface area contributed by atoms with E-state index < -0.39 is 75.7 Å². The highest BCUT2D eigenvalue weighted by atomic mass is 31.2. The molecule has 0 aromatic carbocycles. The average Bonchev–Trinajstić information content (AvgIpc) is 3.33. The van der Waals surface area contributed by atoms with Crippen LogP contribution < -0.4 is 0 Å². The Balaban J connectivity index is 2.31. The van der Waals surface area contributed by atoms with Crippen molar-refractivity contribution in [3.63, 3.8) is 0 Å². The maximum absolute atomic E-state index is 12.9. The average molecular weight is 1010 g/mol. The van der Waals surface area contributed by atoms with Gasteiger partial charge in [-0.05, 0) is 12.8 Å². The normalized spacial score (nSPS) is 20.8. The quantitative estimate of drug-likeness (QED) is 0.0191. The number of carbonyl (C=O) groups excluding carboxylic acids is 2. The molecule has 0 saturated heterocycles. The van der Waals surface area contributed by atoms with Gasteiger partial charge in [0.1, 0.15) is 43.2 Å². The summed E-state index contributed by atoms with van der Waals surface area (Å²) in [7, 11) is -5.12. The molecule has 410 valence electrons. The van der Waals surface area contributed by atoms with Crippen LogP contribution in [-0.2, 0) is 32.7 Å². The lowest BCUT2D eigenvalue weighted by Gasteiger charge is -2.41. The summed E-state index contributed by atoms with van der Waals surface area (Å²) in [6.07, 6.45) is 37.2. The molecule has 69 heavy (non-hydrogen) atoms. The third-order valence-electron chi connectivity index (χ3n) is 13.9. The lowest BCUT2D eigenvalue weighted by Crippen LogP contribution is -2.64. The second-order valence-electron chi connectivity index (χ2n) is 20.5. The number of ether oxygens (including phenoxy) is 2. The Morgan fingerprint density at radius 3 is 0.957 bits per heavy atom. The lowest BCUT2D eigenvalue weighted by atomic mass is 9.85. The largest absolute Gasteiger partial charge is 0.472 e. The van der Waals surface area contributed by atoms with Crippen LogP contribution in [0.3, 0.4) is 0 Å². The third kappa shape index (κ3) is 37.3. The van der Waals surface area contributed by atoms with Gasteiger partial charge in [0.05, 0.1) is 6.61 Å². The molecule has 0 amide bonds. The topological polar surface area (TPSA) is 210 Å². The predicted octanol–water partition coefficient (Wildman–Crippen LogP) is 13.2. The molecule has 6 unspecified atom stereocenters. The third-order valence-corrected chi connectivity index (χ3v) is 14.9. The van der Waals surface area contributed by atoms with Gasteiger partial charge >= 0.3 is 19.8 Å². The Labute approximate surface area is 421 Å². The van der Waals surface area contributed by atoms with Gasteiger partial charge in [0, 0.05) is 12.8 Å². The van der Waals surface area contributed by atoms with E-state index in [4.69, 9.17) is 18.5 Å². The van der Waals surface area contributed by atoms with E-state index in [0.717, 1.165) is 38.5 Å². The van der Waals surface area contributed by atoms with E-state index in [0.29, 0.717) is 12.8 Å². The van der Waals surface area contributed by atoms with E-state index in [-0.39, 0.29) is 12.8 Å². The van der Waals surface area contributed by atoms with Crippen molar-refractivity contribution in [3.8, 4) is 0 Å². The minimum Gasteiger partial charge on any atom is -0.462 e.